The summed E-state index contributed by atoms with van der Waals surface area (Å²) in [6, 6.07) is 6.37. The molecule has 5 heteroatoms. The molecular formula is C13H11BrFNOS. The van der Waals surface area contributed by atoms with Gasteiger partial charge < -0.3 is 5.32 Å². The Balaban J connectivity index is 2.16. The van der Waals surface area contributed by atoms with Crippen LogP contribution >= 0.6 is 27.3 Å². The number of halogens is 2. The van der Waals surface area contributed by atoms with Crippen LogP contribution in [-0.4, -0.2) is 5.91 Å². The first kappa shape index (κ1) is 13.2. The minimum Gasteiger partial charge on any atom is -0.319 e. The summed E-state index contributed by atoms with van der Waals surface area (Å²) in [7, 11) is 0. The van der Waals surface area contributed by atoms with Crippen molar-refractivity contribution in [1.29, 1.82) is 0 Å². The Morgan fingerprint density at radius 3 is 2.83 bits per heavy atom. The lowest BCUT2D eigenvalue weighted by molar-refractivity contribution is 0.102. The molecule has 94 valence electrons. The summed E-state index contributed by atoms with van der Waals surface area (Å²) >= 11 is 4.70. The molecule has 0 spiro atoms. The molecule has 0 aliphatic carbocycles. The monoisotopic (exact) mass is 327 g/mol. The summed E-state index contributed by atoms with van der Waals surface area (Å²) in [5.74, 6) is -0.740. The van der Waals surface area contributed by atoms with Crippen LogP contribution < -0.4 is 5.32 Å². The average molecular weight is 328 g/mol. The third kappa shape index (κ3) is 2.97. The zero-order valence-electron chi connectivity index (χ0n) is 9.67. The van der Waals surface area contributed by atoms with Gasteiger partial charge in [-0.2, -0.15) is 0 Å². The van der Waals surface area contributed by atoms with Crippen molar-refractivity contribution in [1.82, 2.24) is 0 Å². The number of hydrogen-bond donors (Lipinski definition) is 1. The third-order valence-corrected chi connectivity index (χ3v) is 4.02. The molecule has 0 saturated carbocycles. The number of aryl methyl sites for hydroxylation is 1. The van der Waals surface area contributed by atoms with Gasteiger partial charge in [-0.1, -0.05) is 22.9 Å². The van der Waals surface area contributed by atoms with Crippen LogP contribution in [0.4, 0.5) is 10.1 Å². The first-order valence-corrected chi connectivity index (χ1v) is 7.11. The summed E-state index contributed by atoms with van der Waals surface area (Å²) in [5, 5.41) is 4.35. The van der Waals surface area contributed by atoms with E-state index in [1.54, 1.807) is 11.4 Å². The van der Waals surface area contributed by atoms with Crippen molar-refractivity contribution in [2.75, 3.05) is 5.32 Å². The summed E-state index contributed by atoms with van der Waals surface area (Å²) in [6.07, 6.45) is 0.893. The van der Waals surface area contributed by atoms with Crippen molar-refractivity contribution in [3.63, 3.8) is 0 Å². The minimum atomic E-state index is -0.455. The van der Waals surface area contributed by atoms with E-state index in [2.05, 4.69) is 21.2 Å². The van der Waals surface area contributed by atoms with Crippen molar-refractivity contribution < 1.29 is 9.18 Å². The van der Waals surface area contributed by atoms with Crippen LogP contribution in [0.3, 0.4) is 0 Å². The van der Waals surface area contributed by atoms with Crippen LogP contribution in [0.15, 0.2) is 34.1 Å². The molecule has 0 fully saturated rings. The highest BCUT2D eigenvalue weighted by atomic mass is 79.9. The van der Waals surface area contributed by atoms with Crippen molar-refractivity contribution in [3.05, 3.63) is 50.4 Å². The second-order valence-corrected chi connectivity index (χ2v) is 5.64. The molecule has 0 saturated heterocycles. The number of rotatable bonds is 3. The standard InChI is InChI=1S/C13H11BrFNOS/c1-2-10-5-8(7-18-10)13(17)16-12-4-3-9(14)6-11(12)15/h3-7H,2H2,1H3,(H,16,17). The average Bonchev–Trinajstić information content (AvgIpc) is 2.81. The molecule has 0 aliphatic rings. The van der Waals surface area contributed by atoms with Gasteiger partial charge in [-0.15, -0.1) is 11.3 Å². The summed E-state index contributed by atoms with van der Waals surface area (Å²) in [5.41, 5.74) is 0.756. The van der Waals surface area contributed by atoms with Gasteiger partial charge in [-0.05, 0) is 30.7 Å². The number of thiophene rings is 1. The number of nitrogens with one attached hydrogen (secondary N) is 1. The van der Waals surface area contributed by atoms with E-state index in [9.17, 15) is 9.18 Å². The Labute approximate surface area is 117 Å². The van der Waals surface area contributed by atoms with E-state index in [0.29, 0.717) is 10.0 Å². The van der Waals surface area contributed by atoms with Crippen LogP contribution in [0.5, 0.6) is 0 Å². The molecule has 0 unspecified atom stereocenters. The molecule has 1 heterocycles. The van der Waals surface area contributed by atoms with E-state index in [0.717, 1.165) is 11.3 Å². The van der Waals surface area contributed by atoms with Crippen LogP contribution in [-0.2, 0) is 6.42 Å². The molecule has 1 amide bonds. The summed E-state index contributed by atoms with van der Waals surface area (Å²) in [4.78, 5) is 13.0. The molecule has 1 aromatic carbocycles. The maximum Gasteiger partial charge on any atom is 0.256 e. The van der Waals surface area contributed by atoms with Gasteiger partial charge in [-0.3, -0.25) is 4.79 Å². The first-order chi connectivity index (χ1) is 8.60. The molecule has 18 heavy (non-hydrogen) atoms. The van der Waals surface area contributed by atoms with Gasteiger partial charge in [0.05, 0.1) is 11.3 Å². The van der Waals surface area contributed by atoms with E-state index >= 15 is 0 Å². The van der Waals surface area contributed by atoms with Crippen LogP contribution in [0.2, 0.25) is 0 Å². The van der Waals surface area contributed by atoms with Gasteiger partial charge >= 0.3 is 0 Å². The minimum absolute atomic E-state index is 0.187. The van der Waals surface area contributed by atoms with E-state index < -0.39 is 5.82 Å². The Morgan fingerprint density at radius 2 is 2.22 bits per heavy atom. The van der Waals surface area contributed by atoms with Crippen LogP contribution in [0.25, 0.3) is 0 Å². The van der Waals surface area contributed by atoms with E-state index in [1.165, 1.54) is 23.5 Å². The van der Waals surface area contributed by atoms with Crippen LogP contribution in [0, 0.1) is 5.82 Å². The van der Waals surface area contributed by atoms with Crippen molar-refractivity contribution in [2.45, 2.75) is 13.3 Å². The predicted octanol–water partition coefficient (Wildman–Crippen LogP) is 4.46. The van der Waals surface area contributed by atoms with E-state index in [4.69, 9.17) is 0 Å². The fourth-order valence-corrected chi connectivity index (χ4v) is 2.62. The van der Waals surface area contributed by atoms with Gasteiger partial charge in [0, 0.05) is 14.7 Å². The zero-order valence-corrected chi connectivity index (χ0v) is 12.1. The predicted molar refractivity (Wildman–Crippen MR) is 75.8 cm³/mol. The molecular weight excluding hydrogens is 317 g/mol. The Kier molecular flexibility index (Phi) is 4.14. The van der Waals surface area contributed by atoms with Crippen molar-refractivity contribution >= 4 is 38.9 Å². The van der Waals surface area contributed by atoms with Crippen molar-refractivity contribution in [3.8, 4) is 0 Å². The maximum absolute atomic E-state index is 13.6. The normalized spacial score (nSPS) is 10.4. The maximum atomic E-state index is 13.6. The second-order valence-electron chi connectivity index (χ2n) is 3.73. The summed E-state index contributed by atoms with van der Waals surface area (Å²) < 4.78 is 14.2. The van der Waals surface area contributed by atoms with Gasteiger partial charge in [0.1, 0.15) is 5.82 Å². The first-order valence-electron chi connectivity index (χ1n) is 5.44. The highest BCUT2D eigenvalue weighted by Crippen LogP contribution is 2.21. The number of carbonyl (C=O) groups excluding carboxylic acids is 1. The molecule has 0 bridgehead atoms. The number of benzene rings is 1. The van der Waals surface area contributed by atoms with Crippen LogP contribution in [0.1, 0.15) is 22.2 Å². The second kappa shape index (κ2) is 5.63. The van der Waals surface area contributed by atoms with Crippen molar-refractivity contribution in [2.24, 2.45) is 0 Å². The number of amides is 1. The SMILES string of the molecule is CCc1cc(C(=O)Nc2ccc(Br)cc2F)cs1. The van der Waals surface area contributed by atoms with Gasteiger partial charge in [0.2, 0.25) is 0 Å². The zero-order chi connectivity index (χ0) is 13.1. The van der Waals surface area contributed by atoms with E-state index in [-0.39, 0.29) is 11.6 Å². The molecule has 0 atom stereocenters. The molecule has 1 aromatic heterocycles. The fourth-order valence-electron chi connectivity index (χ4n) is 1.47. The number of hydrogen-bond acceptors (Lipinski definition) is 2. The topological polar surface area (TPSA) is 29.1 Å². The van der Waals surface area contributed by atoms with Gasteiger partial charge in [0.25, 0.3) is 5.91 Å². The molecule has 0 radical (unpaired) electrons. The molecule has 1 N–H and O–H groups in total. The molecule has 2 aromatic rings. The highest BCUT2D eigenvalue weighted by Gasteiger charge is 2.11. The molecule has 2 rings (SSSR count). The smallest absolute Gasteiger partial charge is 0.256 e. The largest absolute Gasteiger partial charge is 0.319 e. The van der Waals surface area contributed by atoms with Gasteiger partial charge in [0.15, 0.2) is 0 Å². The molecule has 2 nitrogen and oxygen atoms in total. The quantitative estimate of drug-likeness (QED) is 0.885. The Morgan fingerprint density at radius 1 is 1.44 bits per heavy atom. The lowest BCUT2D eigenvalue weighted by atomic mass is 10.2. The molecule has 0 aliphatic heterocycles. The van der Waals surface area contributed by atoms with E-state index in [1.807, 2.05) is 13.0 Å². The Hall–Kier alpha value is -1.20. The Bertz CT molecular complexity index is 582. The number of anilines is 1. The summed E-state index contributed by atoms with van der Waals surface area (Å²) in [6.45, 7) is 2.03. The highest BCUT2D eigenvalue weighted by molar-refractivity contribution is 9.10. The fraction of sp³-hybridized carbons (Fsp3) is 0.154. The number of carbonyl (C=O) groups is 1. The van der Waals surface area contributed by atoms with Gasteiger partial charge in [-0.25, -0.2) is 4.39 Å². The third-order valence-electron chi connectivity index (χ3n) is 2.44. The lowest BCUT2D eigenvalue weighted by Crippen LogP contribution is -2.12. The lowest BCUT2D eigenvalue weighted by Gasteiger charge is -2.05.